The number of nitrogens with two attached hydrogens (primary N) is 1. The van der Waals surface area contributed by atoms with Gasteiger partial charge in [-0.15, -0.1) is 0 Å². The summed E-state index contributed by atoms with van der Waals surface area (Å²) in [4.78, 5) is 19.2. The molecule has 0 aromatic carbocycles. The summed E-state index contributed by atoms with van der Waals surface area (Å²) in [7, 11) is 0. The fraction of sp³-hybridized carbons (Fsp3) is 0.231. The predicted octanol–water partition coefficient (Wildman–Crippen LogP) is 0.862. The van der Waals surface area contributed by atoms with Crippen molar-refractivity contribution in [1.82, 2.24) is 24.9 Å². The van der Waals surface area contributed by atoms with Gasteiger partial charge < -0.3 is 20.6 Å². The van der Waals surface area contributed by atoms with Crippen LogP contribution in [-0.4, -0.2) is 48.5 Å². The molecule has 3 heterocycles. The Labute approximate surface area is 130 Å². The van der Waals surface area contributed by atoms with Gasteiger partial charge in [0.2, 0.25) is 0 Å². The molecule has 3 aromatic rings. The first-order valence-corrected chi connectivity index (χ1v) is 7.51. The molecule has 1 atom stereocenters. The molecule has 114 valence electrons. The number of thioether (sulfide) groups is 1. The molecule has 0 spiro atoms. The molecule has 22 heavy (non-hydrogen) atoms. The van der Waals surface area contributed by atoms with Gasteiger partial charge in [0.1, 0.15) is 24.2 Å². The fourth-order valence-electron chi connectivity index (χ4n) is 1.74. The van der Waals surface area contributed by atoms with Crippen molar-refractivity contribution in [3.8, 4) is 5.75 Å². The maximum absolute atomic E-state index is 9.94. The largest absolute Gasteiger partial charge is 0.489 e. The molecule has 4 N–H and O–H groups in total. The van der Waals surface area contributed by atoms with Crippen molar-refractivity contribution in [2.45, 2.75) is 11.3 Å². The van der Waals surface area contributed by atoms with Crippen LogP contribution >= 0.6 is 11.8 Å². The molecule has 1 unspecified atom stereocenters. The predicted molar refractivity (Wildman–Crippen MR) is 82.6 cm³/mol. The minimum absolute atomic E-state index is 0.181. The van der Waals surface area contributed by atoms with Crippen LogP contribution in [-0.2, 0) is 0 Å². The Morgan fingerprint density at radius 2 is 2.32 bits per heavy atom. The van der Waals surface area contributed by atoms with Crippen molar-refractivity contribution in [2.24, 2.45) is 0 Å². The molecule has 3 aromatic heterocycles. The third-order valence-corrected chi connectivity index (χ3v) is 3.80. The summed E-state index contributed by atoms with van der Waals surface area (Å²) < 4.78 is 5.44. The Balaban J connectivity index is 1.53. The van der Waals surface area contributed by atoms with Gasteiger partial charge in [0, 0.05) is 11.9 Å². The number of nitrogens with zero attached hydrogens (tertiary/aromatic N) is 4. The second-order valence-electron chi connectivity index (χ2n) is 4.46. The summed E-state index contributed by atoms with van der Waals surface area (Å²) in [6, 6.07) is 3.56. The summed E-state index contributed by atoms with van der Waals surface area (Å²) in [6.07, 6.45) is 3.99. The molecular weight excluding hydrogens is 304 g/mol. The van der Waals surface area contributed by atoms with Crippen molar-refractivity contribution in [1.29, 1.82) is 0 Å². The zero-order valence-electron chi connectivity index (χ0n) is 11.5. The van der Waals surface area contributed by atoms with Crippen molar-refractivity contribution >= 4 is 28.7 Å². The standard InChI is InChI=1S/C13H14N6O2S/c14-11-10-12(17-7-16-11)19-13(18-10)22-6-8(20)5-21-9-2-1-3-15-4-9/h1-4,7-8,20H,5-6H2,(H3,14,16,17,18,19). The third-order valence-electron chi connectivity index (χ3n) is 2.79. The fourth-order valence-corrected chi connectivity index (χ4v) is 2.51. The van der Waals surface area contributed by atoms with Crippen molar-refractivity contribution in [3.05, 3.63) is 30.9 Å². The van der Waals surface area contributed by atoms with Crippen LogP contribution in [0.1, 0.15) is 0 Å². The van der Waals surface area contributed by atoms with E-state index >= 15 is 0 Å². The van der Waals surface area contributed by atoms with Crippen LogP contribution in [0.3, 0.4) is 0 Å². The van der Waals surface area contributed by atoms with E-state index in [0.717, 1.165) is 0 Å². The zero-order valence-corrected chi connectivity index (χ0v) is 12.3. The number of nitrogen functional groups attached to an aromatic ring is 1. The summed E-state index contributed by atoms with van der Waals surface area (Å²) >= 11 is 1.36. The first-order valence-electron chi connectivity index (χ1n) is 6.52. The van der Waals surface area contributed by atoms with Gasteiger partial charge in [-0.25, -0.2) is 15.0 Å². The van der Waals surface area contributed by atoms with E-state index in [1.54, 1.807) is 24.5 Å². The van der Waals surface area contributed by atoms with Crippen LogP contribution < -0.4 is 10.5 Å². The number of rotatable bonds is 6. The lowest BCUT2D eigenvalue weighted by molar-refractivity contribution is 0.126. The number of hydrogen-bond donors (Lipinski definition) is 3. The number of aliphatic hydroxyl groups excluding tert-OH is 1. The van der Waals surface area contributed by atoms with Gasteiger partial charge in [0.25, 0.3) is 0 Å². The number of aliphatic hydroxyl groups is 1. The minimum atomic E-state index is -0.637. The number of pyridine rings is 1. The lowest BCUT2D eigenvalue weighted by Gasteiger charge is -2.10. The molecule has 0 saturated carbocycles. The zero-order chi connectivity index (χ0) is 15.4. The molecule has 0 aliphatic rings. The molecule has 0 radical (unpaired) electrons. The van der Waals surface area contributed by atoms with Gasteiger partial charge in [-0.3, -0.25) is 4.98 Å². The number of imidazole rings is 1. The summed E-state index contributed by atoms with van der Waals surface area (Å²) in [6.45, 7) is 0.181. The molecular formula is C13H14N6O2S. The van der Waals surface area contributed by atoms with Crippen LogP contribution in [0.4, 0.5) is 5.82 Å². The molecule has 3 rings (SSSR count). The van der Waals surface area contributed by atoms with E-state index in [1.807, 2.05) is 0 Å². The molecule has 0 aliphatic heterocycles. The molecule has 8 nitrogen and oxygen atoms in total. The first-order chi connectivity index (χ1) is 10.7. The van der Waals surface area contributed by atoms with E-state index in [4.69, 9.17) is 10.5 Å². The van der Waals surface area contributed by atoms with Crippen LogP contribution in [0.15, 0.2) is 36.0 Å². The molecule has 0 aliphatic carbocycles. The van der Waals surface area contributed by atoms with Gasteiger partial charge in [-0.1, -0.05) is 11.8 Å². The van der Waals surface area contributed by atoms with Gasteiger partial charge >= 0.3 is 0 Å². The smallest absolute Gasteiger partial charge is 0.183 e. The Morgan fingerprint density at radius 3 is 3.09 bits per heavy atom. The van der Waals surface area contributed by atoms with E-state index < -0.39 is 6.10 Å². The Kier molecular flexibility index (Phi) is 4.35. The SMILES string of the molecule is Nc1ncnc2nc(SCC(O)COc3cccnc3)[nH]c12. The Bertz CT molecular complexity index is 751. The van der Waals surface area contributed by atoms with E-state index in [0.29, 0.717) is 33.6 Å². The number of nitrogens with one attached hydrogen (secondary N) is 1. The number of H-pyrrole nitrogens is 1. The lowest BCUT2D eigenvalue weighted by atomic mass is 10.4. The van der Waals surface area contributed by atoms with Gasteiger partial charge in [0.05, 0.1) is 12.3 Å². The number of hydrogen-bond acceptors (Lipinski definition) is 8. The van der Waals surface area contributed by atoms with Crippen LogP contribution in [0, 0.1) is 0 Å². The second-order valence-corrected chi connectivity index (χ2v) is 5.47. The van der Waals surface area contributed by atoms with E-state index in [9.17, 15) is 5.11 Å². The highest BCUT2D eigenvalue weighted by molar-refractivity contribution is 7.99. The summed E-state index contributed by atoms with van der Waals surface area (Å²) in [5.41, 5.74) is 6.84. The van der Waals surface area contributed by atoms with Crippen LogP contribution in [0.25, 0.3) is 11.2 Å². The van der Waals surface area contributed by atoms with Gasteiger partial charge in [-0.05, 0) is 12.1 Å². The molecule has 0 fully saturated rings. The van der Waals surface area contributed by atoms with Gasteiger partial charge in [-0.2, -0.15) is 0 Å². The summed E-state index contributed by atoms with van der Waals surface area (Å²) in [5, 5.41) is 10.6. The normalized spacial score (nSPS) is 12.4. The van der Waals surface area contributed by atoms with Crippen molar-refractivity contribution in [3.63, 3.8) is 0 Å². The number of aromatic amines is 1. The van der Waals surface area contributed by atoms with Crippen molar-refractivity contribution < 1.29 is 9.84 Å². The average Bonchev–Trinajstić information content (AvgIpc) is 2.96. The number of fused-ring (bicyclic) bond motifs is 1. The van der Waals surface area contributed by atoms with E-state index in [2.05, 4.69) is 24.9 Å². The topological polar surface area (TPSA) is 123 Å². The average molecular weight is 318 g/mol. The third kappa shape index (κ3) is 3.43. The quantitative estimate of drug-likeness (QED) is 0.572. The molecule has 0 amide bonds. The highest BCUT2D eigenvalue weighted by atomic mass is 32.2. The highest BCUT2D eigenvalue weighted by Crippen LogP contribution is 2.21. The monoisotopic (exact) mass is 318 g/mol. The maximum atomic E-state index is 9.94. The minimum Gasteiger partial charge on any atom is -0.489 e. The Morgan fingerprint density at radius 1 is 1.41 bits per heavy atom. The second kappa shape index (κ2) is 6.58. The number of anilines is 1. The molecule has 0 saturated heterocycles. The number of aromatic nitrogens is 5. The van der Waals surface area contributed by atoms with Crippen molar-refractivity contribution in [2.75, 3.05) is 18.1 Å². The van der Waals surface area contributed by atoms with Crippen LogP contribution in [0.5, 0.6) is 5.75 Å². The Hall–Kier alpha value is -2.39. The van der Waals surface area contributed by atoms with Gasteiger partial charge in [0.15, 0.2) is 16.6 Å². The highest BCUT2D eigenvalue weighted by Gasteiger charge is 2.11. The lowest BCUT2D eigenvalue weighted by Crippen LogP contribution is -2.20. The number of ether oxygens (including phenoxy) is 1. The summed E-state index contributed by atoms with van der Waals surface area (Å²) in [5.74, 6) is 1.40. The van der Waals surface area contributed by atoms with Crippen LogP contribution in [0.2, 0.25) is 0 Å². The molecule has 9 heteroatoms. The molecule has 0 bridgehead atoms. The van der Waals surface area contributed by atoms with E-state index in [1.165, 1.54) is 18.1 Å². The first kappa shape index (κ1) is 14.5. The van der Waals surface area contributed by atoms with E-state index in [-0.39, 0.29) is 6.61 Å². The maximum Gasteiger partial charge on any atom is 0.183 e.